The van der Waals surface area contributed by atoms with Crippen LogP contribution in [0, 0.1) is 0 Å². The quantitative estimate of drug-likeness (QED) is 0.851. The molecule has 2 N–H and O–H groups in total. The smallest absolute Gasteiger partial charge is 0.153 e. The van der Waals surface area contributed by atoms with Crippen LogP contribution < -0.4 is 15.5 Å². The number of morpholine rings is 2. The van der Waals surface area contributed by atoms with Crippen molar-refractivity contribution in [3.63, 3.8) is 0 Å². The predicted molar refractivity (Wildman–Crippen MR) is 83.0 cm³/mol. The summed E-state index contributed by atoms with van der Waals surface area (Å²) in [5.41, 5.74) is 7.82. The molecule has 120 valence electrons. The van der Waals surface area contributed by atoms with E-state index in [9.17, 15) is 0 Å². The number of rotatable bonds is 3. The summed E-state index contributed by atoms with van der Waals surface area (Å²) in [6.07, 6.45) is 1.90. The number of nitrogens with two attached hydrogens (primary N) is 1. The average molecular weight is 305 g/mol. The minimum Gasteiger partial charge on any atom is -0.377 e. The number of hydrogen-bond donors (Lipinski definition) is 1. The van der Waals surface area contributed by atoms with Crippen LogP contribution >= 0.6 is 0 Å². The molecule has 2 bridgehead atoms. The number of nitrogens with zero attached hydrogens (tertiary/aromatic N) is 4. The first-order valence-corrected chi connectivity index (χ1v) is 8.06. The molecular formula is C15H23N5O2. The van der Waals surface area contributed by atoms with E-state index in [0.717, 1.165) is 50.0 Å². The van der Waals surface area contributed by atoms with Crippen molar-refractivity contribution in [2.75, 3.05) is 42.6 Å². The minimum absolute atomic E-state index is 0.328. The molecule has 4 saturated heterocycles. The molecule has 1 aromatic rings. The first-order chi connectivity index (χ1) is 10.7. The summed E-state index contributed by atoms with van der Waals surface area (Å²) in [7, 11) is 0. The molecule has 0 aliphatic carbocycles. The van der Waals surface area contributed by atoms with Crippen LogP contribution in [-0.2, 0) is 16.0 Å². The molecular weight excluding hydrogens is 282 g/mol. The Morgan fingerprint density at radius 2 is 2.09 bits per heavy atom. The second kappa shape index (κ2) is 5.64. The summed E-state index contributed by atoms with van der Waals surface area (Å²) in [6, 6.07) is 2.47. The van der Waals surface area contributed by atoms with Crippen LogP contribution in [0.15, 0.2) is 6.07 Å². The molecule has 7 heteroatoms. The highest BCUT2D eigenvalue weighted by Gasteiger charge is 2.39. The Hall–Kier alpha value is -1.44. The first-order valence-electron chi connectivity index (χ1n) is 8.06. The number of aromatic nitrogens is 2. The summed E-state index contributed by atoms with van der Waals surface area (Å²) in [4.78, 5) is 4.62. The normalized spacial score (nSPS) is 31.1. The standard InChI is InChI=1S/C15H23N5O2/c1-10-9-21-3-2-20(10)14-5-15(18-17-13(14)6-16)19-7-11-4-12(8-19)22-11/h5,10-12H,2-4,6-9,16H2,1H3. The number of ether oxygens (including phenoxy) is 2. The fraction of sp³-hybridized carbons (Fsp3) is 0.733. The van der Waals surface area contributed by atoms with Crippen LogP contribution in [0.3, 0.4) is 0 Å². The Balaban J connectivity index is 1.62. The van der Waals surface area contributed by atoms with Crippen LogP contribution in [0.4, 0.5) is 11.5 Å². The zero-order chi connectivity index (χ0) is 15.1. The molecule has 7 nitrogen and oxygen atoms in total. The molecule has 0 aromatic carbocycles. The van der Waals surface area contributed by atoms with Gasteiger partial charge in [-0.2, -0.15) is 0 Å². The molecule has 4 fully saturated rings. The number of hydrogen-bond acceptors (Lipinski definition) is 7. The molecule has 4 aliphatic rings. The maximum Gasteiger partial charge on any atom is 0.153 e. The van der Waals surface area contributed by atoms with E-state index in [1.165, 1.54) is 6.42 Å². The van der Waals surface area contributed by atoms with Gasteiger partial charge in [-0.1, -0.05) is 0 Å². The van der Waals surface area contributed by atoms with Crippen molar-refractivity contribution >= 4 is 11.5 Å². The van der Waals surface area contributed by atoms with Gasteiger partial charge in [0.25, 0.3) is 0 Å². The third kappa shape index (κ3) is 2.43. The molecule has 5 rings (SSSR count). The van der Waals surface area contributed by atoms with Gasteiger partial charge in [-0.3, -0.25) is 0 Å². The van der Waals surface area contributed by atoms with Gasteiger partial charge in [0, 0.05) is 44.7 Å². The largest absolute Gasteiger partial charge is 0.377 e. The highest BCUT2D eigenvalue weighted by atomic mass is 16.5. The highest BCUT2D eigenvalue weighted by Crippen LogP contribution is 2.32. The summed E-state index contributed by atoms with van der Waals surface area (Å²) >= 11 is 0. The van der Waals surface area contributed by atoms with Gasteiger partial charge in [0.1, 0.15) is 5.69 Å². The fourth-order valence-electron chi connectivity index (χ4n) is 3.57. The van der Waals surface area contributed by atoms with Gasteiger partial charge in [-0.15, -0.1) is 10.2 Å². The molecule has 22 heavy (non-hydrogen) atoms. The topological polar surface area (TPSA) is 76.7 Å². The zero-order valence-corrected chi connectivity index (χ0v) is 12.9. The molecule has 3 unspecified atom stereocenters. The van der Waals surface area contributed by atoms with Crippen molar-refractivity contribution in [2.24, 2.45) is 5.73 Å². The first kappa shape index (κ1) is 14.2. The van der Waals surface area contributed by atoms with Gasteiger partial charge in [0.2, 0.25) is 0 Å². The van der Waals surface area contributed by atoms with Crippen LogP contribution in [-0.4, -0.2) is 61.3 Å². The summed E-state index contributed by atoms with van der Waals surface area (Å²) in [5, 5.41) is 8.77. The van der Waals surface area contributed by atoms with Gasteiger partial charge < -0.3 is 25.0 Å². The Morgan fingerprint density at radius 1 is 1.32 bits per heavy atom. The van der Waals surface area contributed by atoms with Gasteiger partial charge in [-0.05, 0) is 6.92 Å². The Labute approximate surface area is 130 Å². The maximum absolute atomic E-state index is 5.87. The molecule has 1 aromatic heterocycles. The van der Waals surface area contributed by atoms with Gasteiger partial charge >= 0.3 is 0 Å². The lowest BCUT2D eigenvalue weighted by Gasteiger charge is -2.47. The zero-order valence-electron chi connectivity index (χ0n) is 12.9. The van der Waals surface area contributed by atoms with E-state index < -0.39 is 0 Å². The number of anilines is 2. The van der Waals surface area contributed by atoms with Crippen molar-refractivity contribution in [3.8, 4) is 0 Å². The van der Waals surface area contributed by atoms with E-state index in [1.807, 2.05) is 0 Å². The van der Waals surface area contributed by atoms with Gasteiger partial charge in [0.05, 0.1) is 31.1 Å². The number of piperidine rings is 1. The van der Waals surface area contributed by atoms with E-state index in [1.54, 1.807) is 0 Å². The Bertz CT molecular complexity index is 539. The lowest BCUT2D eigenvalue weighted by molar-refractivity contribution is -0.133. The lowest BCUT2D eigenvalue weighted by Crippen LogP contribution is -2.57. The van der Waals surface area contributed by atoms with Crippen molar-refractivity contribution < 1.29 is 9.47 Å². The second-order valence-electron chi connectivity index (χ2n) is 6.38. The Morgan fingerprint density at radius 3 is 2.77 bits per heavy atom. The van der Waals surface area contributed by atoms with E-state index in [2.05, 4.69) is 33.0 Å². The molecule has 4 aliphatic heterocycles. The van der Waals surface area contributed by atoms with Crippen LogP contribution in [0.1, 0.15) is 19.0 Å². The van der Waals surface area contributed by atoms with Crippen LogP contribution in [0.5, 0.6) is 0 Å². The third-order valence-electron chi connectivity index (χ3n) is 4.79. The maximum atomic E-state index is 5.87. The third-order valence-corrected chi connectivity index (χ3v) is 4.79. The molecule has 5 heterocycles. The Kier molecular flexibility index (Phi) is 3.63. The van der Waals surface area contributed by atoms with E-state index in [0.29, 0.717) is 24.8 Å². The molecule has 0 spiro atoms. The van der Waals surface area contributed by atoms with Crippen molar-refractivity contribution in [1.82, 2.24) is 10.2 Å². The summed E-state index contributed by atoms with van der Waals surface area (Å²) < 4.78 is 11.2. The summed E-state index contributed by atoms with van der Waals surface area (Å²) in [6.45, 7) is 6.74. The van der Waals surface area contributed by atoms with Crippen molar-refractivity contribution in [2.45, 2.75) is 38.1 Å². The molecule has 3 atom stereocenters. The highest BCUT2D eigenvalue weighted by molar-refractivity contribution is 5.59. The van der Waals surface area contributed by atoms with Gasteiger partial charge in [-0.25, -0.2) is 0 Å². The van der Waals surface area contributed by atoms with Crippen LogP contribution in [0.25, 0.3) is 0 Å². The van der Waals surface area contributed by atoms with Crippen LogP contribution in [0.2, 0.25) is 0 Å². The average Bonchev–Trinajstić information content (AvgIpc) is 2.54. The molecule has 0 amide bonds. The SMILES string of the molecule is CC1COCCN1c1cc(N2CC3CC(C2)O3)nnc1CN. The minimum atomic E-state index is 0.328. The van der Waals surface area contributed by atoms with E-state index >= 15 is 0 Å². The van der Waals surface area contributed by atoms with Gasteiger partial charge in [0.15, 0.2) is 5.82 Å². The second-order valence-corrected chi connectivity index (χ2v) is 6.38. The fourth-order valence-corrected chi connectivity index (χ4v) is 3.57. The lowest BCUT2D eigenvalue weighted by atomic mass is 9.99. The molecule has 0 saturated carbocycles. The van der Waals surface area contributed by atoms with Crippen molar-refractivity contribution in [3.05, 3.63) is 11.8 Å². The molecule has 0 radical (unpaired) electrons. The predicted octanol–water partition coefficient (Wildman–Crippen LogP) is 0.138. The van der Waals surface area contributed by atoms with E-state index in [4.69, 9.17) is 15.2 Å². The van der Waals surface area contributed by atoms with E-state index in [-0.39, 0.29) is 0 Å². The number of fused-ring (bicyclic) bond motifs is 2. The van der Waals surface area contributed by atoms with Crippen molar-refractivity contribution in [1.29, 1.82) is 0 Å². The summed E-state index contributed by atoms with van der Waals surface area (Å²) in [5.74, 6) is 0.934. The monoisotopic (exact) mass is 305 g/mol.